The Hall–Kier alpha value is -1.07. The average Bonchev–Trinajstić information content (AvgIpc) is 2.62. The fraction of sp³-hybridized carbons (Fsp3) is 0.538. The largest absolute Gasteiger partial charge is 0.462 e. The molecule has 0 bridgehead atoms. The Balaban J connectivity index is 2.91. The fourth-order valence-electron chi connectivity index (χ4n) is 1.58. The number of thiophene rings is 1. The number of ether oxygens (including phenoxy) is 1. The van der Waals surface area contributed by atoms with Gasteiger partial charge in [-0.1, -0.05) is 0 Å². The van der Waals surface area contributed by atoms with Crippen molar-refractivity contribution < 1.29 is 14.3 Å². The van der Waals surface area contributed by atoms with Crippen molar-refractivity contribution in [3.63, 3.8) is 0 Å². The van der Waals surface area contributed by atoms with E-state index in [0.29, 0.717) is 35.9 Å². The molecule has 1 heterocycles. The number of hydrogen-bond donors (Lipinski definition) is 1. The monoisotopic (exact) mass is 303 g/mol. The maximum absolute atomic E-state index is 11.9. The number of hydrogen-bond acceptors (Lipinski definition) is 4. The van der Waals surface area contributed by atoms with E-state index in [9.17, 15) is 9.59 Å². The smallest absolute Gasteiger partial charge is 0.341 e. The molecule has 0 spiro atoms. The van der Waals surface area contributed by atoms with Crippen molar-refractivity contribution in [1.29, 1.82) is 0 Å². The zero-order valence-corrected chi connectivity index (χ0v) is 12.9. The van der Waals surface area contributed by atoms with Crippen LogP contribution < -0.4 is 5.32 Å². The molecule has 4 nitrogen and oxygen atoms in total. The minimum atomic E-state index is -0.392. The van der Waals surface area contributed by atoms with Crippen molar-refractivity contribution in [3.8, 4) is 0 Å². The molecule has 6 heteroatoms. The number of halogens is 1. The minimum absolute atomic E-state index is 0.132. The van der Waals surface area contributed by atoms with Crippen LogP contribution in [-0.4, -0.2) is 24.4 Å². The number of carbonyl (C=O) groups is 2. The second kappa shape index (κ2) is 7.50. The molecule has 1 aromatic rings. The highest BCUT2D eigenvalue weighted by atomic mass is 35.5. The molecular weight excluding hydrogens is 286 g/mol. The van der Waals surface area contributed by atoms with Crippen LogP contribution >= 0.6 is 22.9 Å². The highest BCUT2D eigenvalue weighted by Crippen LogP contribution is 2.33. The van der Waals surface area contributed by atoms with Crippen molar-refractivity contribution in [1.82, 2.24) is 0 Å². The van der Waals surface area contributed by atoms with Crippen LogP contribution in [0.1, 0.15) is 40.6 Å². The van der Waals surface area contributed by atoms with Crippen molar-refractivity contribution in [3.05, 3.63) is 16.0 Å². The molecule has 106 valence electrons. The molecule has 0 atom stereocenters. The molecule has 0 aliphatic heterocycles. The number of aryl methyl sites for hydroxylation is 1. The number of carbonyl (C=O) groups excluding carboxylic acids is 2. The Labute approximate surface area is 122 Å². The van der Waals surface area contributed by atoms with Crippen LogP contribution in [0, 0.1) is 13.8 Å². The summed E-state index contributed by atoms with van der Waals surface area (Å²) in [5, 5.41) is 3.33. The van der Waals surface area contributed by atoms with Gasteiger partial charge in [0.25, 0.3) is 0 Å². The lowest BCUT2D eigenvalue weighted by atomic mass is 10.1. The van der Waals surface area contributed by atoms with Crippen LogP contribution in [0.25, 0.3) is 0 Å². The van der Waals surface area contributed by atoms with Crippen molar-refractivity contribution in [2.24, 2.45) is 0 Å². The second-order valence-electron chi connectivity index (χ2n) is 4.05. The summed E-state index contributed by atoms with van der Waals surface area (Å²) in [5.41, 5.74) is 1.32. The number of amides is 1. The van der Waals surface area contributed by atoms with E-state index in [4.69, 9.17) is 16.3 Å². The number of rotatable bonds is 6. The van der Waals surface area contributed by atoms with Gasteiger partial charge in [-0.05, 0) is 32.8 Å². The number of alkyl halides is 1. The summed E-state index contributed by atoms with van der Waals surface area (Å²) in [6.07, 6.45) is 0.966. The Morgan fingerprint density at radius 1 is 1.37 bits per heavy atom. The van der Waals surface area contributed by atoms with Crippen LogP contribution in [0.3, 0.4) is 0 Å². The topological polar surface area (TPSA) is 55.4 Å². The second-order valence-corrected chi connectivity index (χ2v) is 5.65. The van der Waals surface area contributed by atoms with Gasteiger partial charge in [-0.25, -0.2) is 4.79 Å². The predicted octanol–water partition coefficient (Wildman–Crippen LogP) is 3.50. The molecule has 0 aliphatic carbocycles. The number of nitrogens with one attached hydrogen (secondary N) is 1. The zero-order chi connectivity index (χ0) is 14.4. The van der Waals surface area contributed by atoms with Crippen molar-refractivity contribution >= 4 is 39.8 Å². The summed E-state index contributed by atoms with van der Waals surface area (Å²) in [4.78, 5) is 24.6. The molecule has 1 N–H and O–H groups in total. The maximum Gasteiger partial charge on any atom is 0.341 e. The fourth-order valence-corrected chi connectivity index (χ4v) is 2.78. The van der Waals surface area contributed by atoms with Crippen LogP contribution in [0.15, 0.2) is 0 Å². The van der Waals surface area contributed by atoms with E-state index in [1.807, 2.05) is 13.8 Å². The Bertz CT molecular complexity index is 471. The quantitative estimate of drug-likeness (QED) is 0.646. The first-order valence-electron chi connectivity index (χ1n) is 6.14. The molecule has 0 saturated heterocycles. The summed E-state index contributed by atoms with van der Waals surface area (Å²) < 4.78 is 5.02. The van der Waals surface area contributed by atoms with Gasteiger partial charge in [-0.15, -0.1) is 22.9 Å². The molecule has 0 unspecified atom stereocenters. The van der Waals surface area contributed by atoms with E-state index < -0.39 is 5.97 Å². The molecule has 19 heavy (non-hydrogen) atoms. The van der Waals surface area contributed by atoms with E-state index in [2.05, 4.69) is 5.32 Å². The molecule has 0 fully saturated rings. The SMILES string of the molecule is CCOC(=O)c1c(NC(=O)CCCCl)sc(C)c1C. The zero-order valence-electron chi connectivity index (χ0n) is 11.3. The molecule has 0 saturated carbocycles. The third-order valence-corrected chi connectivity index (χ3v) is 4.05. The van der Waals surface area contributed by atoms with Gasteiger partial charge in [-0.2, -0.15) is 0 Å². The van der Waals surface area contributed by atoms with E-state index in [1.54, 1.807) is 6.92 Å². The predicted molar refractivity (Wildman–Crippen MR) is 78.3 cm³/mol. The third-order valence-electron chi connectivity index (χ3n) is 2.66. The van der Waals surface area contributed by atoms with Gasteiger partial charge < -0.3 is 10.1 Å². The van der Waals surface area contributed by atoms with E-state index in [-0.39, 0.29) is 5.91 Å². The molecular formula is C13H18ClNO3S. The summed E-state index contributed by atoms with van der Waals surface area (Å²) in [5.74, 6) is -0.0786. The molecule has 1 aromatic heterocycles. The Morgan fingerprint density at radius 3 is 2.63 bits per heavy atom. The molecule has 1 rings (SSSR count). The van der Waals surface area contributed by atoms with Crippen LogP contribution in [0.2, 0.25) is 0 Å². The molecule has 0 aromatic carbocycles. The van der Waals surface area contributed by atoms with Gasteiger partial charge in [0.05, 0.1) is 12.2 Å². The van der Waals surface area contributed by atoms with Crippen molar-refractivity contribution in [2.75, 3.05) is 17.8 Å². The lowest BCUT2D eigenvalue weighted by Gasteiger charge is -2.06. The Kier molecular flexibility index (Phi) is 6.31. The van der Waals surface area contributed by atoms with Gasteiger partial charge in [0, 0.05) is 17.2 Å². The molecule has 1 amide bonds. The first-order chi connectivity index (χ1) is 9.01. The number of esters is 1. The first-order valence-corrected chi connectivity index (χ1v) is 7.49. The number of anilines is 1. The highest BCUT2D eigenvalue weighted by molar-refractivity contribution is 7.16. The first kappa shape index (κ1) is 16.0. The van der Waals surface area contributed by atoms with Gasteiger partial charge in [0.2, 0.25) is 5.91 Å². The van der Waals surface area contributed by atoms with Crippen LogP contribution in [0.5, 0.6) is 0 Å². The van der Waals surface area contributed by atoms with E-state index in [1.165, 1.54) is 11.3 Å². The molecule has 0 radical (unpaired) electrons. The summed E-state index contributed by atoms with van der Waals surface area (Å²) in [6.45, 7) is 5.83. The van der Waals surface area contributed by atoms with Crippen LogP contribution in [-0.2, 0) is 9.53 Å². The lowest BCUT2D eigenvalue weighted by Crippen LogP contribution is -2.14. The van der Waals surface area contributed by atoms with E-state index >= 15 is 0 Å². The van der Waals surface area contributed by atoms with Gasteiger partial charge >= 0.3 is 5.97 Å². The third kappa shape index (κ3) is 4.21. The van der Waals surface area contributed by atoms with Crippen molar-refractivity contribution in [2.45, 2.75) is 33.6 Å². The van der Waals surface area contributed by atoms with Gasteiger partial charge in [-0.3, -0.25) is 4.79 Å². The molecule has 0 aliphatic rings. The maximum atomic E-state index is 11.9. The van der Waals surface area contributed by atoms with Gasteiger partial charge in [0.1, 0.15) is 5.00 Å². The summed E-state index contributed by atoms with van der Waals surface area (Å²) >= 11 is 6.94. The normalized spacial score (nSPS) is 10.3. The summed E-state index contributed by atoms with van der Waals surface area (Å²) in [6, 6.07) is 0. The Morgan fingerprint density at radius 2 is 2.05 bits per heavy atom. The lowest BCUT2D eigenvalue weighted by molar-refractivity contribution is -0.116. The highest BCUT2D eigenvalue weighted by Gasteiger charge is 2.21. The van der Waals surface area contributed by atoms with E-state index in [0.717, 1.165) is 10.4 Å². The standard InChI is InChI=1S/C13H18ClNO3S/c1-4-18-13(17)11-8(2)9(3)19-12(11)15-10(16)6-5-7-14/h4-7H2,1-3H3,(H,15,16). The van der Waals surface area contributed by atoms with Crippen LogP contribution in [0.4, 0.5) is 5.00 Å². The van der Waals surface area contributed by atoms with Gasteiger partial charge in [0.15, 0.2) is 0 Å². The summed E-state index contributed by atoms with van der Waals surface area (Å²) in [7, 11) is 0. The average molecular weight is 304 g/mol. The minimum Gasteiger partial charge on any atom is -0.462 e.